The number of benzene rings is 1. The fourth-order valence-corrected chi connectivity index (χ4v) is 3.50. The average Bonchev–Trinajstić information content (AvgIpc) is 3.32. The van der Waals surface area contributed by atoms with Gasteiger partial charge in [-0.1, -0.05) is 12.1 Å². The van der Waals surface area contributed by atoms with E-state index in [4.69, 9.17) is 4.42 Å². The van der Waals surface area contributed by atoms with Crippen LogP contribution in [0.2, 0.25) is 0 Å². The van der Waals surface area contributed by atoms with Gasteiger partial charge in [0.2, 0.25) is 11.7 Å². The molecule has 28 heavy (non-hydrogen) atoms. The lowest BCUT2D eigenvalue weighted by atomic mass is 10.0. The average molecular weight is 369 g/mol. The van der Waals surface area contributed by atoms with E-state index >= 15 is 0 Å². The van der Waals surface area contributed by atoms with Gasteiger partial charge < -0.3 is 14.7 Å². The minimum absolute atomic E-state index is 0.103. The quantitative estimate of drug-likeness (QED) is 0.418. The predicted molar refractivity (Wildman–Crippen MR) is 106 cm³/mol. The number of aromatic amines is 1. The van der Waals surface area contributed by atoms with E-state index in [1.807, 2.05) is 30.3 Å². The molecule has 3 aromatic heterocycles. The number of carbonyl (C=O) groups is 2. The number of nitrogens with zero attached hydrogens (tertiary/aromatic N) is 1. The van der Waals surface area contributed by atoms with Crippen LogP contribution in [-0.2, 0) is 11.2 Å². The van der Waals surface area contributed by atoms with Crippen LogP contribution in [0.1, 0.15) is 21.7 Å². The van der Waals surface area contributed by atoms with Gasteiger partial charge in [-0.3, -0.25) is 9.59 Å². The summed E-state index contributed by atoms with van der Waals surface area (Å²) in [5.41, 5.74) is 4.48. The standard InChI is InChI=1S/C22H15N3O3/c26-18(19-4-2-10-28-19)8-6-13-5-7-17-15(11-13)16-12-20(27)25-22-14(21(16)24-17)3-1-9-23-22/h1-11,24H,12H2,(H,23,25,27)/b8-6+. The third-order valence-corrected chi connectivity index (χ3v) is 4.79. The number of carbonyl (C=O) groups excluding carboxylic acids is 2. The molecule has 1 aromatic carbocycles. The van der Waals surface area contributed by atoms with E-state index in [0.717, 1.165) is 33.3 Å². The van der Waals surface area contributed by atoms with Crippen LogP contribution >= 0.6 is 0 Å². The van der Waals surface area contributed by atoms with Crippen LogP contribution in [0.15, 0.2) is 65.4 Å². The van der Waals surface area contributed by atoms with Gasteiger partial charge in [-0.15, -0.1) is 0 Å². The number of rotatable bonds is 3. The Bertz CT molecular complexity index is 1250. The van der Waals surface area contributed by atoms with Gasteiger partial charge in [0, 0.05) is 22.7 Å². The van der Waals surface area contributed by atoms with Crippen molar-refractivity contribution < 1.29 is 14.0 Å². The number of furan rings is 1. The first-order chi connectivity index (χ1) is 13.7. The Kier molecular flexibility index (Phi) is 3.69. The third kappa shape index (κ3) is 2.72. The summed E-state index contributed by atoms with van der Waals surface area (Å²) in [6.07, 6.45) is 6.61. The molecule has 0 fully saturated rings. The fourth-order valence-electron chi connectivity index (χ4n) is 3.50. The Balaban J connectivity index is 1.58. The van der Waals surface area contributed by atoms with Crippen molar-refractivity contribution in [2.75, 3.05) is 5.32 Å². The largest absolute Gasteiger partial charge is 0.461 e. The second kappa shape index (κ2) is 6.35. The lowest BCUT2D eigenvalue weighted by molar-refractivity contribution is -0.115. The number of amides is 1. The highest BCUT2D eigenvalue weighted by Crippen LogP contribution is 2.36. The molecule has 1 aliphatic heterocycles. The smallest absolute Gasteiger partial charge is 0.230 e. The summed E-state index contributed by atoms with van der Waals surface area (Å²) in [6, 6.07) is 12.9. The molecule has 0 saturated heterocycles. The van der Waals surface area contributed by atoms with Gasteiger partial charge in [0.15, 0.2) is 5.76 Å². The van der Waals surface area contributed by atoms with E-state index in [1.54, 1.807) is 24.4 Å². The maximum Gasteiger partial charge on any atom is 0.230 e. The highest BCUT2D eigenvalue weighted by atomic mass is 16.3. The number of fused-ring (bicyclic) bond motifs is 5. The molecular weight excluding hydrogens is 354 g/mol. The van der Waals surface area contributed by atoms with E-state index in [0.29, 0.717) is 11.6 Å². The van der Waals surface area contributed by atoms with Crippen molar-refractivity contribution in [2.45, 2.75) is 6.42 Å². The molecule has 0 radical (unpaired) electrons. The molecule has 1 aliphatic rings. The van der Waals surface area contributed by atoms with E-state index in [2.05, 4.69) is 15.3 Å². The Labute approximate surface area is 159 Å². The number of allylic oxidation sites excluding steroid dienone is 1. The first-order valence-electron chi connectivity index (χ1n) is 8.85. The zero-order valence-electron chi connectivity index (χ0n) is 14.7. The molecule has 4 aromatic rings. The number of anilines is 1. The summed E-state index contributed by atoms with van der Waals surface area (Å²) in [5, 5.41) is 3.80. The molecule has 6 nitrogen and oxygen atoms in total. The second-order valence-electron chi connectivity index (χ2n) is 6.58. The van der Waals surface area contributed by atoms with Crippen LogP contribution in [-0.4, -0.2) is 21.7 Å². The van der Waals surface area contributed by atoms with Crippen molar-refractivity contribution in [3.63, 3.8) is 0 Å². The SMILES string of the molecule is O=C1Cc2c([nH]c3ccc(/C=C/C(=O)c4ccco4)cc23)-c2cccnc2N1. The molecule has 5 rings (SSSR count). The Morgan fingerprint density at radius 2 is 2.11 bits per heavy atom. The van der Waals surface area contributed by atoms with Crippen molar-refractivity contribution in [1.82, 2.24) is 9.97 Å². The lowest BCUT2D eigenvalue weighted by Crippen LogP contribution is -2.13. The minimum atomic E-state index is -0.197. The minimum Gasteiger partial charge on any atom is -0.461 e. The maximum absolute atomic E-state index is 12.3. The van der Waals surface area contributed by atoms with Gasteiger partial charge in [-0.25, -0.2) is 4.98 Å². The summed E-state index contributed by atoms with van der Waals surface area (Å²) in [4.78, 5) is 32.1. The Morgan fingerprint density at radius 3 is 2.96 bits per heavy atom. The van der Waals surface area contributed by atoms with Crippen LogP contribution in [0.3, 0.4) is 0 Å². The van der Waals surface area contributed by atoms with Crippen LogP contribution in [0.4, 0.5) is 5.82 Å². The summed E-state index contributed by atoms with van der Waals surface area (Å²) in [5.74, 6) is 0.557. The van der Waals surface area contributed by atoms with E-state index in [9.17, 15) is 9.59 Å². The van der Waals surface area contributed by atoms with E-state index in [1.165, 1.54) is 12.3 Å². The third-order valence-electron chi connectivity index (χ3n) is 4.79. The molecule has 0 aliphatic carbocycles. The van der Waals surface area contributed by atoms with Gasteiger partial charge in [0.1, 0.15) is 5.82 Å². The number of ketones is 1. The highest BCUT2D eigenvalue weighted by molar-refractivity contribution is 6.06. The van der Waals surface area contributed by atoms with Crippen LogP contribution in [0, 0.1) is 0 Å². The topological polar surface area (TPSA) is 88.0 Å². The molecule has 0 saturated carbocycles. The molecule has 0 unspecified atom stereocenters. The predicted octanol–water partition coefficient (Wildman–Crippen LogP) is 4.21. The normalized spacial score (nSPS) is 13.2. The van der Waals surface area contributed by atoms with Crippen molar-refractivity contribution >= 4 is 34.5 Å². The lowest BCUT2D eigenvalue weighted by Gasteiger charge is -2.04. The van der Waals surface area contributed by atoms with Gasteiger partial charge in [0.25, 0.3) is 0 Å². The van der Waals surface area contributed by atoms with Gasteiger partial charge in [0.05, 0.1) is 18.4 Å². The summed E-state index contributed by atoms with van der Waals surface area (Å²) in [7, 11) is 0. The zero-order valence-corrected chi connectivity index (χ0v) is 14.7. The number of hydrogen-bond acceptors (Lipinski definition) is 4. The molecule has 0 bridgehead atoms. The molecule has 1 amide bonds. The van der Waals surface area contributed by atoms with Crippen molar-refractivity contribution in [3.8, 4) is 11.3 Å². The molecule has 6 heteroatoms. The Morgan fingerprint density at radius 1 is 1.18 bits per heavy atom. The monoisotopic (exact) mass is 369 g/mol. The van der Waals surface area contributed by atoms with Gasteiger partial charge >= 0.3 is 0 Å². The van der Waals surface area contributed by atoms with Crippen molar-refractivity contribution in [1.29, 1.82) is 0 Å². The maximum atomic E-state index is 12.3. The summed E-state index contributed by atoms with van der Waals surface area (Å²) < 4.78 is 5.12. The first kappa shape index (κ1) is 16.3. The van der Waals surface area contributed by atoms with Crippen molar-refractivity contribution in [2.24, 2.45) is 0 Å². The summed E-state index contributed by atoms with van der Waals surface area (Å²) in [6.45, 7) is 0. The highest BCUT2D eigenvalue weighted by Gasteiger charge is 2.23. The molecule has 2 N–H and O–H groups in total. The van der Waals surface area contributed by atoms with Crippen LogP contribution < -0.4 is 5.32 Å². The van der Waals surface area contributed by atoms with Crippen LogP contribution in [0.25, 0.3) is 28.2 Å². The summed E-state index contributed by atoms with van der Waals surface area (Å²) >= 11 is 0. The van der Waals surface area contributed by atoms with Crippen molar-refractivity contribution in [3.05, 3.63) is 77.9 Å². The number of nitrogens with one attached hydrogen (secondary N) is 2. The number of H-pyrrole nitrogens is 1. The molecule has 0 atom stereocenters. The number of aromatic nitrogens is 2. The number of pyridine rings is 1. The molecule has 136 valence electrons. The fraction of sp³-hybridized carbons (Fsp3) is 0.0455. The zero-order chi connectivity index (χ0) is 19.1. The van der Waals surface area contributed by atoms with Gasteiger partial charge in [-0.2, -0.15) is 0 Å². The first-order valence-corrected chi connectivity index (χ1v) is 8.85. The molecular formula is C22H15N3O3. The second-order valence-corrected chi connectivity index (χ2v) is 6.58. The number of hydrogen-bond donors (Lipinski definition) is 2. The Hall–Kier alpha value is -3.93. The van der Waals surface area contributed by atoms with Crippen LogP contribution in [0.5, 0.6) is 0 Å². The molecule has 0 spiro atoms. The van der Waals surface area contributed by atoms with Gasteiger partial charge in [-0.05, 0) is 53.6 Å². The van der Waals surface area contributed by atoms with E-state index < -0.39 is 0 Å². The molecule has 4 heterocycles. The van der Waals surface area contributed by atoms with E-state index in [-0.39, 0.29) is 18.1 Å².